The largest absolute Gasteiger partial charge is 0.453 e. The van der Waals surface area contributed by atoms with Gasteiger partial charge in [0.2, 0.25) is 0 Å². The highest BCUT2D eigenvalue weighted by Gasteiger charge is 2.15. The van der Waals surface area contributed by atoms with Gasteiger partial charge in [0.25, 0.3) is 0 Å². The molecule has 0 saturated carbocycles. The van der Waals surface area contributed by atoms with Gasteiger partial charge in [-0.3, -0.25) is 4.79 Å². The molecule has 0 radical (unpaired) electrons. The van der Waals surface area contributed by atoms with Crippen LogP contribution in [-0.4, -0.2) is 25.0 Å². The van der Waals surface area contributed by atoms with Crippen molar-refractivity contribution in [2.24, 2.45) is 0 Å². The number of benzene rings is 2. The predicted molar refractivity (Wildman–Crippen MR) is 89.5 cm³/mol. The second kappa shape index (κ2) is 7.57. The highest BCUT2D eigenvalue weighted by molar-refractivity contribution is 7.20. The second-order valence-corrected chi connectivity index (χ2v) is 6.28. The Balaban J connectivity index is 1.61. The molecule has 0 spiro atoms. The van der Waals surface area contributed by atoms with Crippen LogP contribution < -0.4 is 4.74 Å². The van der Waals surface area contributed by atoms with Crippen LogP contribution in [0.3, 0.4) is 0 Å². The normalized spacial score (nSPS) is 10.9. The molecule has 0 aliphatic carbocycles. The van der Waals surface area contributed by atoms with Crippen LogP contribution in [0.1, 0.15) is 20.0 Å². The third-order valence-corrected chi connectivity index (χ3v) is 4.51. The molecule has 0 aliphatic rings. The lowest BCUT2D eigenvalue weighted by atomic mass is 10.1. The smallest absolute Gasteiger partial charge is 0.387 e. The molecular weight excluding hydrogens is 369 g/mol. The molecule has 3 rings (SSSR count). The van der Waals surface area contributed by atoms with Gasteiger partial charge in [-0.2, -0.15) is 8.78 Å². The number of rotatable bonds is 6. The number of fused-ring (bicyclic) bond motifs is 1. The van der Waals surface area contributed by atoms with Crippen molar-refractivity contribution < 1.29 is 32.2 Å². The van der Waals surface area contributed by atoms with Crippen LogP contribution in [0.2, 0.25) is 0 Å². The Bertz CT molecular complexity index is 951. The van der Waals surface area contributed by atoms with E-state index in [1.165, 1.54) is 42.5 Å². The van der Waals surface area contributed by atoms with Crippen LogP contribution in [0.4, 0.5) is 13.2 Å². The monoisotopic (exact) mass is 380 g/mol. The Morgan fingerprint density at radius 3 is 2.46 bits per heavy atom. The Hall–Kier alpha value is -2.87. The Kier molecular flexibility index (Phi) is 5.22. The number of esters is 1. The maximum Gasteiger partial charge on any atom is 0.387 e. The second-order valence-electron chi connectivity index (χ2n) is 5.19. The minimum atomic E-state index is -2.95. The maximum absolute atomic E-state index is 13.2. The van der Waals surface area contributed by atoms with E-state index in [9.17, 15) is 22.8 Å². The molecule has 0 unspecified atom stereocenters. The van der Waals surface area contributed by atoms with Gasteiger partial charge in [0, 0.05) is 10.3 Å². The van der Waals surface area contributed by atoms with E-state index >= 15 is 0 Å². The standard InChI is InChI=1S/C18H11F3O4S/c19-12-3-6-15-11(7-12)8-16(26-15)17(23)24-9-14(22)10-1-4-13(5-2-10)25-18(20)21/h1-8,18H,9H2. The SMILES string of the molecule is O=C(COC(=O)c1cc2cc(F)ccc2s1)c1ccc(OC(F)F)cc1. The Morgan fingerprint density at radius 2 is 1.77 bits per heavy atom. The first-order valence-corrected chi connectivity index (χ1v) is 8.18. The Labute approximate surface area is 149 Å². The van der Waals surface area contributed by atoms with Crippen molar-refractivity contribution in [3.63, 3.8) is 0 Å². The number of ether oxygens (including phenoxy) is 2. The molecule has 0 atom stereocenters. The van der Waals surface area contributed by atoms with Gasteiger partial charge in [0.05, 0.1) is 0 Å². The van der Waals surface area contributed by atoms with Crippen molar-refractivity contribution in [1.29, 1.82) is 0 Å². The van der Waals surface area contributed by atoms with Gasteiger partial charge in [0.1, 0.15) is 16.4 Å². The summed E-state index contributed by atoms with van der Waals surface area (Å²) in [6.07, 6.45) is 0. The van der Waals surface area contributed by atoms with Gasteiger partial charge in [0.15, 0.2) is 12.4 Å². The van der Waals surface area contributed by atoms with Gasteiger partial charge < -0.3 is 9.47 Å². The summed E-state index contributed by atoms with van der Waals surface area (Å²) in [7, 11) is 0. The number of hydrogen-bond acceptors (Lipinski definition) is 5. The van der Waals surface area contributed by atoms with E-state index in [1.54, 1.807) is 6.07 Å². The first kappa shape index (κ1) is 17.9. The van der Waals surface area contributed by atoms with Crippen molar-refractivity contribution in [1.82, 2.24) is 0 Å². The van der Waals surface area contributed by atoms with Crippen molar-refractivity contribution in [2.45, 2.75) is 6.61 Å². The van der Waals surface area contributed by atoms with Crippen LogP contribution in [0.25, 0.3) is 10.1 Å². The number of hydrogen-bond donors (Lipinski definition) is 0. The van der Waals surface area contributed by atoms with Gasteiger partial charge >= 0.3 is 12.6 Å². The first-order chi connectivity index (χ1) is 12.4. The van der Waals surface area contributed by atoms with E-state index in [4.69, 9.17) is 4.74 Å². The number of alkyl halides is 2. The summed E-state index contributed by atoms with van der Waals surface area (Å²) >= 11 is 1.13. The minimum absolute atomic E-state index is 0.0777. The van der Waals surface area contributed by atoms with Gasteiger partial charge in [-0.25, -0.2) is 9.18 Å². The van der Waals surface area contributed by atoms with E-state index in [-0.39, 0.29) is 16.2 Å². The van der Waals surface area contributed by atoms with Crippen molar-refractivity contribution >= 4 is 33.2 Å². The molecule has 3 aromatic rings. The molecule has 0 bridgehead atoms. The molecular formula is C18H11F3O4S. The van der Waals surface area contributed by atoms with E-state index in [1.807, 2.05) is 0 Å². The lowest BCUT2D eigenvalue weighted by Gasteiger charge is -2.06. The highest BCUT2D eigenvalue weighted by atomic mass is 32.1. The zero-order valence-corrected chi connectivity index (χ0v) is 13.9. The summed E-state index contributed by atoms with van der Waals surface area (Å²) in [5.41, 5.74) is 0.192. The highest BCUT2D eigenvalue weighted by Crippen LogP contribution is 2.27. The molecule has 0 aliphatic heterocycles. The Morgan fingerprint density at radius 1 is 1.04 bits per heavy atom. The summed E-state index contributed by atoms with van der Waals surface area (Å²) in [5, 5.41) is 0.572. The topological polar surface area (TPSA) is 52.6 Å². The number of halogens is 3. The summed E-state index contributed by atoms with van der Waals surface area (Å²) in [6.45, 7) is -3.46. The fourth-order valence-corrected chi connectivity index (χ4v) is 3.16. The van der Waals surface area contributed by atoms with Crippen molar-refractivity contribution in [3.05, 3.63) is 64.8 Å². The van der Waals surface area contributed by atoms with Crippen LogP contribution in [0, 0.1) is 5.82 Å². The average molecular weight is 380 g/mol. The van der Waals surface area contributed by atoms with Crippen LogP contribution in [0.15, 0.2) is 48.5 Å². The average Bonchev–Trinajstić information content (AvgIpc) is 3.02. The lowest BCUT2D eigenvalue weighted by Crippen LogP contribution is -2.13. The number of carbonyl (C=O) groups excluding carboxylic acids is 2. The quantitative estimate of drug-likeness (QED) is 0.460. The predicted octanol–water partition coefficient (Wildman–Crippen LogP) is 4.68. The number of Topliss-reactive ketones (excluding diaryl/α,β-unsaturated/α-hetero) is 1. The van der Waals surface area contributed by atoms with E-state index in [2.05, 4.69) is 4.74 Å². The van der Waals surface area contributed by atoms with Crippen LogP contribution >= 0.6 is 11.3 Å². The van der Waals surface area contributed by atoms with Crippen LogP contribution in [-0.2, 0) is 4.74 Å². The molecule has 0 N–H and O–H groups in total. The van der Waals surface area contributed by atoms with Gasteiger partial charge in [-0.1, -0.05) is 0 Å². The number of ketones is 1. The first-order valence-electron chi connectivity index (χ1n) is 7.36. The zero-order valence-electron chi connectivity index (χ0n) is 13.1. The van der Waals surface area contributed by atoms with Gasteiger partial charge in [-0.05, 0) is 53.9 Å². The molecule has 1 heterocycles. The van der Waals surface area contributed by atoms with Crippen molar-refractivity contribution in [2.75, 3.05) is 6.61 Å². The number of thiophene rings is 1. The molecule has 0 saturated heterocycles. The lowest BCUT2D eigenvalue weighted by molar-refractivity contribution is -0.0498. The third kappa shape index (κ3) is 4.20. The molecule has 26 heavy (non-hydrogen) atoms. The molecule has 0 amide bonds. The third-order valence-electron chi connectivity index (χ3n) is 3.42. The van der Waals surface area contributed by atoms with Gasteiger partial charge in [-0.15, -0.1) is 11.3 Å². The molecule has 0 fully saturated rings. The fourth-order valence-electron chi connectivity index (χ4n) is 2.22. The summed E-state index contributed by atoms with van der Waals surface area (Å²) in [6, 6.07) is 10.7. The minimum Gasteiger partial charge on any atom is -0.453 e. The van der Waals surface area contributed by atoms with Crippen LogP contribution in [0.5, 0.6) is 5.75 Å². The zero-order chi connectivity index (χ0) is 18.7. The maximum atomic E-state index is 13.2. The summed E-state index contributed by atoms with van der Waals surface area (Å²) in [5.74, 6) is -1.68. The van der Waals surface area contributed by atoms with E-state index in [0.717, 1.165) is 16.0 Å². The molecule has 1 aromatic heterocycles. The molecule has 2 aromatic carbocycles. The molecule has 134 valence electrons. The number of carbonyl (C=O) groups is 2. The summed E-state index contributed by atoms with van der Waals surface area (Å²) in [4.78, 5) is 24.3. The molecule has 8 heteroatoms. The molecule has 4 nitrogen and oxygen atoms in total. The summed E-state index contributed by atoms with van der Waals surface area (Å²) < 4.78 is 47.2. The van der Waals surface area contributed by atoms with E-state index < -0.39 is 30.8 Å². The van der Waals surface area contributed by atoms with Crippen molar-refractivity contribution in [3.8, 4) is 5.75 Å². The van der Waals surface area contributed by atoms with E-state index in [0.29, 0.717) is 5.39 Å². The fraction of sp³-hybridized carbons (Fsp3) is 0.111.